The molecule has 0 saturated heterocycles. The van der Waals surface area contributed by atoms with Gasteiger partial charge >= 0.3 is 23.9 Å². The summed E-state index contributed by atoms with van der Waals surface area (Å²) in [5.41, 5.74) is -4.63. The predicted octanol–water partition coefficient (Wildman–Crippen LogP) is 3.67. The van der Waals surface area contributed by atoms with Crippen molar-refractivity contribution in [1.29, 1.82) is 0 Å². The Morgan fingerprint density at radius 3 is 1.93 bits per heavy atom. The van der Waals surface area contributed by atoms with Crippen LogP contribution in [0.2, 0.25) is 0 Å². The lowest BCUT2D eigenvalue weighted by Crippen LogP contribution is -2.75. The summed E-state index contributed by atoms with van der Waals surface area (Å²) < 4.78 is 24.1. The zero-order valence-corrected chi connectivity index (χ0v) is 26.0. The molecular formula is C33H42O10. The third-order valence-electron chi connectivity index (χ3n) is 11.2. The molecule has 0 bridgehead atoms. The highest BCUT2D eigenvalue weighted by atomic mass is 16.6. The van der Waals surface area contributed by atoms with Gasteiger partial charge in [0, 0.05) is 48.9 Å². The fourth-order valence-electron chi connectivity index (χ4n) is 9.44. The SMILES string of the molecule is CC(=O)O[C@@H]1[C@H](C)[C@H](OC(=O)c2ccccc2)[C@@H]2[C@@H](OC(C)=O)[C@]3(C)C[C@H]4C(=O)C(C)(C)C[C@H]4[C@]3(C)[C@@H](OC(C)=O)[C@]21O. The Hall–Kier alpha value is -3.27. The van der Waals surface area contributed by atoms with Crippen LogP contribution in [0, 0.1) is 39.9 Å². The van der Waals surface area contributed by atoms with Crippen LogP contribution in [0.1, 0.15) is 78.6 Å². The van der Waals surface area contributed by atoms with Gasteiger partial charge < -0.3 is 24.1 Å². The van der Waals surface area contributed by atoms with E-state index in [9.17, 15) is 29.1 Å². The Morgan fingerprint density at radius 2 is 1.37 bits per heavy atom. The summed E-state index contributed by atoms with van der Waals surface area (Å²) in [5.74, 6) is -5.33. The number of hydrogen-bond donors (Lipinski definition) is 1. The van der Waals surface area contributed by atoms with Crippen molar-refractivity contribution < 1.29 is 48.0 Å². The zero-order valence-electron chi connectivity index (χ0n) is 26.0. The largest absolute Gasteiger partial charge is 0.461 e. The van der Waals surface area contributed by atoms with Crippen LogP contribution in [0.3, 0.4) is 0 Å². The topological polar surface area (TPSA) is 142 Å². The van der Waals surface area contributed by atoms with Crippen molar-refractivity contribution in [3.8, 4) is 0 Å². The summed E-state index contributed by atoms with van der Waals surface area (Å²) in [7, 11) is 0. The van der Waals surface area contributed by atoms with Gasteiger partial charge in [-0.3, -0.25) is 19.2 Å². The quantitative estimate of drug-likeness (QED) is 0.394. The summed E-state index contributed by atoms with van der Waals surface area (Å²) >= 11 is 0. The van der Waals surface area contributed by atoms with Crippen molar-refractivity contribution >= 4 is 29.7 Å². The lowest BCUT2D eigenvalue weighted by atomic mass is 9.47. The van der Waals surface area contributed by atoms with Gasteiger partial charge in [-0.05, 0) is 30.9 Å². The molecule has 10 nitrogen and oxygen atoms in total. The molecule has 0 radical (unpaired) electrons. The second kappa shape index (κ2) is 10.1. The van der Waals surface area contributed by atoms with Crippen LogP contribution in [0.15, 0.2) is 30.3 Å². The van der Waals surface area contributed by atoms with E-state index < -0.39 is 87.9 Å². The third-order valence-corrected chi connectivity index (χ3v) is 11.2. The average molecular weight is 599 g/mol. The second-order valence-electron chi connectivity index (χ2n) is 14.1. The first-order valence-electron chi connectivity index (χ1n) is 15.0. The highest BCUT2D eigenvalue weighted by molar-refractivity contribution is 5.90. The van der Waals surface area contributed by atoms with E-state index in [-0.39, 0.29) is 17.3 Å². The minimum Gasteiger partial charge on any atom is -0.461 e. The molecule has 0 aliphatic heterocycles. The first-order valence-corrected chi connectivity index (χ1v) is 15.0. The zero-order chi connectivity index (χ0) is 31.9. The number of hydrogen-bond acceptors (Lipinski definition) is 10. The molecule has 0 amide bonds. The number of ketones is 1. The maximum absolute atomic E-state index is 13.7. The highest BCUT2D eigenvalue weighted by Crippen LogP contribution is 2.75. The van der Waals surface area contributed by atoms with E-state index in [1.807, 2.05) is 27.7 Å². The van der Waals surface area contributed by atoms with Crippen LogP contribution in [-0.4, -0.2) is 64.8 Å². The maximum Gasteiger partial charge on any atom is 0.338 e. The van der Waals surface area contributed by atoms with Gasteiger partial charge in [0.1, 0.15) is 35.8 Å². The van der Waals surface area contributed by atoms with E-state index in [2.05, 4.69) is 0 Å². The summed E-state index contributed by atoms with van der Waals surface area (Å²) in [5, 5.41) is 13.1. The fraction of sp³-hybridized carbons (Fsp3) is 0.667. The van der Waals surface area contributed by atoms with Crippen molar-refractivity contribution in [2.45, 2.75) is 98.2 Å². The number of rotatable bonds is 5. The van der Waals surface area contributed by atoms with Gasteiger partial charge in [-0.15, -0.1) is 0 Å². The molecule has 5 rings (SSSR count). The molecule has 0 aromatic heterocycles. The molecule has 0 heterocycles. The molecular weight excluding hydrogens is 556 g/mol. The van der Waals surface area contributed by atoms with E-state index in [0.29, 0.717) is 12.8 Å². The van der Waals surface area contributed by atoms with Crippen LogP contribution in [-0.2, 0) is 38.1 Å². The van der Waals surface area contributed by atoms with Gasteiger partial charge in [-0.2, -0.15) is 0 Å². The van der Waals surface area contributed by atoms with Crippen molar-refractivity contribution in [3.63, 3.8) is 0 Å². The summed E-state index contributed by atoms with van der Waals surface area (Å²) in [6.45, 7) is 12.9. The number of esters is 4. The van der Waals surface area contributed by atoms with Gasteiger partial charge in [-0.25, -0.2) is 4.79 Å². The Bertz CT molecular complexity index is 1350. The monoisotopic (exact) mass is 598 g/mol. The smallest absolute Gasteiger partial charge is 0.338 e. The van der Waals surface area contributed by atoms with Crippen molar-refractivity contribution in [2.24, 2.45) is 39.9 Å². The number of Topliss-reactive ketones (excluding diaryl/α,β-unsaturated/α-hetero) is 1. The highest BCUT2D eigenvalue weighted by Gasteiger charge is 2.84. The lowest BCUT2D eigenvalue weighted by molar-refractivity contribution is -0.300. The van der Waals surface area contributed by atoms with Crippen molar-refractivity contribution in [2.75, 3.05) is 0 Å². The van der Waals surface area contributed by atoms with Crippen LogP contribution in [0.4, 0.5) is 0 Å². The van der Waals surface area contributed by atoms with Crippen LogP contribution >= 0.6 is 0 Å². The molecule has 0 spiro atoms. The fourth-order valence-corrected chi connectivity index (χ4v) is 9.44. The molecule has 4 saturated carbocycles. The minimum atomic E-state index is -2.14. The number of ether oxygens (including phenoxy) is 4. The van der Waals surface area contributed by atoms with Gasteiger partial charge in [-0.1, -0.05) is 52.8 Å². The minimum absolute atomic E-state index is 0.0617. The number of benzene rings is 1. The van der Waals surface area contributed by atoms with Crippen LogP contribution in [0.25, 0.3) is 0 Å². The Balaban J connectivity index is 1.75. The molecule has 4 aliphatic rings. The van der Waals surface area contributed by atoms with Gasteiger partial charge in [0.2, 0.25) is 0 Å². The summed E-state index contributed by atoms with van der Waals surface area (Å²) in [6, 6.07) is 8.32. The first-order chi connectivity index (χ1) is 19.9. The van der Waals surface area contributed by atoms with Crippen molar-refractivity contribution in [1.82, 2.24) is 0 Å². The third kappa shape index (κ3) is 4.34. The average Bonchev–Trinajstić information content (AvgIpc) is 3.37. The lowest BCUT2D eigenvalue weighted by Gasteiger charge is -2.62. The summed E-state index contributed by atoms with van der Waals surface area (Å²) in [4.78, 5) is 65.2. The van der Waals surface area contributed by atoms with E-state index in [1.54, 1.807) is 37.3 Å². The first kappa shape index (κ1) is 31.2. The van der Waals surface area contributed by atoms with E-state index >= 15 is 0 Å². The normalized spacial score (nSPS) is 42.3. The molecule has 4 aliphatic carbocycles. The number of carbonyl (C=O) groups is 5. The van der Waals surface area contributed by atoms with Crippen LogP contribution in [0.5, 0.6) is 0 Å². The molecule has 234 valence electrons. The molecule has 4 fully saturated rings. The van der Waals surface area contributed by atoms with Gasteiger partial charge in [0.25, 0.3) is 0 Å². The Morgan fingerprint density at radius 1 is 0.814 bits per heavy atom. The molecule has 43 heavy (non-hydrogen) atoms. The predicted molar refractivity (Wildman–Crippen MR) is 151 cm³/mol. The van der Waals surface area contributed by atoms with E-state index in [0.717, 1.165) is 0 Å². The molecule has 1 aromatic carbocycles. The standard InChI is InChI=1S/C33H42O10/c1-16-24(43-28(38)20-12-10-9-11-13-20)23-27(41-18(3)35)31(7)14-21-22(15-30(5,6)25(21)37)32(31,8)29(42-19(4)36)33(23,39)26(16)40-17(2)34/h9-13,16,21-24,26-27,29,39H,14-15H2,1-8H3/t16-,21-,22-,23-,24+,26-,27-,29-,31+,32-,33+/m1/s1. The molecule has 1 N–H and O–H groups in total. The number of carbonyl (C=O) groups excluding carboxylic acids is 5. The van der Waals surface area contributed by atoms with E-state index in [1.165, 1.54) is 20.8 Å². The van der Waals surface area contributed by atoms with Crippen molar-refractivity contribution in [3.05, 3.63) is 35.9 Å². The Kier molecular flexibility index (Phi) is 7.35. The molecule has 11 atom stereocenters. The van der Waals surface area contributed by atoms with Crippen LogP contribution < -0.4 is 0 Å². The second-order valence-corrected chi connectivity index (χ2v) is 14.1. The maximum atomic E-state index is 13.7. The molecule has 1 aromatic rings. The number of fused-ring (bicyclic) bond motifs is 4. The van der Waals surface area contributed by atoms with Gasteiger partial charge in [0.05, 0.1) is 11.5 Å². The number of aliphatic hydroxyl groups is 1. The Labute approximate surface area is 251 Å². The molecule has 0 unspecified atom stereocenters. The summed E-state index contributed by atoms with van der Waals surface area (Å²) in [6.07, 6.45) is -4.00. The van der Waals surface area contributed by atoms with Gasteiger partial charge in [0.15, 0.2) is 0 Å². The van der Waals surface area contributed by atoms with E-state index in [4.69, 9.17) is 18.9 Å². The molecule has 10 heteroatoms.